The number of hydrogen-bond donors (Lipinski definition) is 2. The normalized spacial score (nSPS) is 11.8. The van der Waals surface area contributed by atoms with Crippen molar-refractivity contribution in [1.29, 1.82) is 0 Å². The molecular formula is C17H28N2O3. The highest BCUT2D eigenvalue weighted by Gasteiger charge is 2.12. The van der Waals surface area contributed by atoms with Gasteiger partial charge in [0.1, 0.15) is 0 Å². The second-order valence-corrected chi connectivity index (χ2v) is 5.35. The predicted molar refractivity (Wildman–Crippen MR) is 88.6 cm³/mol. The summed E-state index contributed by atoms with van der Waals surface area (Å²) >= 11 is 0. The van der Waals surface area contributed by atoms with Gasteiger partial charge in [-0.15, -0.1) is 0 Å². The quantitative estimate of drug-likeness (QED) is 0.652. The van der Waals surface area contributed by atoms with Crippen LogP contribution in [0.15, 0.2) is 18.2 Å². The number of amides is 1. The van der Waals surface area contributed by atoms with Crippen LogP contribution in [0.4, 0.5) is 0 Å². The summed E-state index contributed by atoms with van der Waals surface area (Å²) in [5.41, 5.74) is 6.12. The molecule has 1 atom stereocenters. The highest BCUT2D eigenvalue weighted by Crippen LogP contribution is 2.28. The molecule has 0 fully saturated rings. The summed E-state index contributed by atoms with van der Waals surface area (Å²) in [5, 5.41) is 2.88. The molecule has 1 unspecified atom stereocenters. The second-order valence-electron chi connectivity index (χ2n) is 5.35. The lowest BCUT2D eigenvalue weighted by atomic mass is 10.1. The Balaban J connectivity index is 2.75. The molecule has 3 N–H and O–H groups in total. The molecule has 0 heterocycles. The summed E-state index contributed by atoms with van der Waals surface area (Å²) < 4.78 is 11.3. The molecule has 1 amide bonds. The van der Waals surface area contributed by atoms with E-state index >= 15 is 0 Å². The number of hydrogen-bond acceptors (Lipinski definition) is 4. The number of rotatable bonds is 10. The number of unbranched alkanes of at least 4 members (excludes halogenated alkanes) is 1. The van der Waals surface area contributed by atoms with Crippen LogP contribution in [0.25, 0.3) is 0 Å². The maximum Gasteiger partial charge on any atom is 0.251 e. The minimum Gasteiger partial charge on any atom is -0.490 e. The lowest BCUT2D eigenvalue weighted by Crippen LogP contribution is -2.31. The zero-order valence-corrected chi connectivity index (χ0v) is 13.9. The highest BCUT2D eigenvalue weighted by molar-refractivity contribution is 5.94. The Morgan fingerprint density at radius 2 is 2.05 bits per heavy atom. The predicted octanol–water partition coefficient (Wildman–Crippen LogP) is 2.59. The Hall–Kier alpha value is -1.75. The first-order valence-corrected chi connectivity index (χ1v) is 8.00. The van der Waals surface area contributed by atoms with Crippen LogP contribution >= 0.6 is 0 Å². The Kier molecular flexibility index (Phi) is 8.36. The van der Waals surface area contributed by atoms with E-state index in [0.717, 1.165) is 12.8 Å². The smallest absolute Gasteiger partial charge is 0.251 e. The zero-order valence-electron chi connectivity index (χ0n) is 13.9. The summed E-state index contributed by atoms with van der Waals surface area (Å²) in [6.45, 7) is 8.31. The van der Waals surface area contributed by atoms with Gasteiger partial charge in [-0.1, -0.05) is 20.3 Å². The Labute approximate surface area is 133 Å². The zero-order chi connectivity index (χ0) is 16.4. The molecule has 1 rings (SSSR count). The van der Waals surface area contributed by atoms with Crippen LogP contribution in [-0.4, -0.2) is 32.2 Å². The van der Waals surface area contributed by atoms with Gasteiger partial charge in [0.15, 0.2) is 11.5 Å². The van der Waals surface area contributed by atoms with E-state index in [0.29, 0.717) is 43.4 Å². The molecule has 0 radical (unpaired) electrons. The molecule has 22 heavy (non-hydrogen) atoms. The molecule has 0 aromatic heterocycles. The summed E-state index contributed by atoms with van der Waals surface area (Å²) in [7, 11) is 0. The molecule has 124 valence electrons. The summed E-state index contributed by atoms with van der Waals surface area (Å²) in [6.07, 6.45) is 2.06. The summed E-state index contributed by atoms with van der Waals surface area (Å²) in [4.78, 5) is 12.1. The number of ether oxygens (including phenoxy) is 2. The molecule has 5 heteroatoms. The van der Waals surface area contributed by atoms with Gasteiger partial charge in [-0.3, -0.25) is 4.79 Å². The molecule has 0 spiro atoms. The number of carbonyl (C=O) groups excluding carboxylic acids is 1. The van der Waals surface area contributed by atoms with Crippen molar-refractivity contribution in [2.24, 2.45) is 11.7 Å². The van der Waals surface area contributed by atoms with Crippen LogP contribution in [0.5, 0.6) is 11.5 Å². The number of nitrogens with two attached hydrogens (primary N) is 1. The average Bonchev–Trinajstić information content (AvgIpc) is 2.54. The van der Waals surface area contributed by atoms with Crippen molar-refractivity contribution < 1.29 is 14.3 Å². The van der Waals surface area contributed by atoms with Crippen molar-refractivity contribution in [1.82, 2.24) is 5.32 Å². The monoisotopic (exact) mass is 308 g/mol. The Morgan fingerprint density at radius 3 is 2.68 bits per heavy atom. The first-order chi connectivity index (χ1) is 10.6. The number of carbonyl (C=O) groups is 1. The molecule has 1 aromatic rings. The van der Waals surface area contributed by atoms with Crippen LogP contribution in [0.3, 0.4) is 0 Å². The fourth-order valence-electron chi connectivity index (χ4n) is 1.82. The number of nitrogens with one attached hydrogen (secondary N) is 1. The molecule has 0 saturated carbocycles. The maximum atomic E-state index is 12.1. The van der Waals surface area contributed by atoms with E-state index in [1.807, 2.05) is 13.8 Å². The van der Waals surface area contributed by atoms with Crippen molar-refractivity contribution >= 4 is 5.91 Å². The van der Waals surface area contributed by atoms with Gasteiger partial charge < -0.3 is 20.5 Å². The Morgan fingerprint density at radius 1 is 1.27 bits per heavy atom. The molecule has 0 saturated heterocycles. The van der Waals surface area contributed by atoms with Crippen molar-refractivity contribution in [3.63, 3.8) is 0 Å². The van der Waals surface area contributed by atoms with Gasteiger partial charge in [0.05, 0.1) is 13.2 Å². The first kappa shape index (κ1) is 18.3. The fraction of sp³-hybridized carbons (Fsp3) is 0.588. The standard InChI is InChI=1S/C17H28N2O3/c1-4-6-9-22-15-8-7-14(10-16(15)21-5-2)17(20)19-12-13(3)11-18/h7-8,10,13H,4-6,9,11-12,18H2,1-3H3,(H,19,20). The van der Waals surface area contributed by atoms with Gasteiger partial charge in [0.2, 0.25) is 0 Å². The largest absolute Gasteiger partial charge is 0.490 e. The van der Waals surface area contributed by atoms with Gasteiger partial charge in [-0.05, 0) is 44.0 Å². The van der Waals surface area contributed by atoms with Crippen molar-refractivity contribution in [2.75, 3.05) is 26.3 Å². The summed E-state index contributed by atoms with van der Waals surface area (Å²) in [5.74, 6) is 1.42. The van der Waals surface area contributed by atoms with E-state index in [1.165, 1.54) is 0 Å². The molecular weight excluding hydrogens is 280 g/mol. The van der Waals surface area contributed by atoms with Gasteiger partial charge in [-0.2, -0.15) is 0 Å². The SMILES string of the molecule is CCCCOc1ccc(C(=O)NCC(C)CN)cc1OCC. The van der Waals surface area contributed by atoms with Crippen molar-refractivity contribution in [2.45, 2.75) is 33.6 Å². The van der Waals surface area contributed by atoms with Gasteiger partial charge in [0.25, 0.3) is 5.91 Å². The molecule has 0 aliphatic carbocycles. The van der Waals surface area contributed by atoms with E-state index in [-0.39, 0.29) is 11.8 Å². The van der Waals surface area contributed by atoms with Crippen LogP contribution in [0.1, 0.15) is 44.0 Å². The molecule has 0 aliphatic heterocycles. The van der Waals surface area contributed by atoms with Crippen LogP contribution in [0, 0.1) is 5.92 Å². The molecule has 1 aromatic carbocycles. The Bertz CT molecular complexity index is 463. The first-order valence-electron chi connectivity index (χ1n) is 8.00. The van der Waals surface area contributed by atoms with Gasteiger partial charge in [-0.25, -0.2) is 0 Å². The molecule has 0 aliphatic rings. The van der Waals surface area contributed by atoms with Gasteiger partial charge >= 0.3 is 0 Å². The third-order valence-corrected chi connectivity index (χ3v) is 3.27. The third kappa shape index (κ3) is 5.93. The lowest BCUT2D eigenvalue weighted by molar-refractivity contribution is 0.0948. The maximum absolute atomic E-state index is 12.1. The van der Waals surface area contributed by atoms with E-state index in [2.05, 4.69) is 12.2 Å². The minimum atomic E-state index is -0.124. The van der Waals surface area contributed by atoms with Crippen LogP contribution in [-0.2, 0) is 0 Å². The minimum absolute atomic E-state index is 0.124. The van der Waals surface area contributed by atoms with Gasteiger partial charge in [0, 0.05) is 12.1 Å². The van der Waals surface area contributed by atoms with Crippen LogP contribution < -0.4 is 20.5 Å². The third-order valence-electron chi connectivity index (χ3n) is 3.27. The van der Waals surface area contributed by atoms with E-state index in [1.54, 1.807) is 18.2 Å². The van der Waals surface area contributed by atoms with E-state index < -0.39 is 0 Å². The topological polar surface area (TPSA) is 73.6 Å². The molecule has 0 bridgehead atoms. The number of benzene rings is 1. The lowest BCUT2D eigenvalue weighted by Gasteiger charge is -2.14. The van der Waals surface area contributed by atoms with E-state index in [9.17, 15) is 4.79 Å². The van der Waals surface area contributed by atoms with E-state index in [4.69, 9.17) is 15.2 Å². The second kappa shape index (κ2) is 10.1. The average molecular weight is 308 g/mol. The fourth-order valence-corrected chi connectivity index (χ4v) is 1.82. The molecule has 5 nitrogen and oxygen atoms in total. The van der Waals surface area contributed by atoms with Crippen molar-refractivity contribution in [3.8, 4) is 11.5 Å². The highest BCUT2D eigenvalue weighted by atomic mass is 16.5. The summed E-state index contributed by atoms with van der Waals surface area (Å²) in [6, 6.07) is 5.28. The van der Waals surface area contributed by atoms with Crippen molar-refractivity contribution in [3.05, 3.63) is 23.8 Å². The van der Waals surface area contributed by atoms with Crippen LogP contribution in [0.2, 0.25) is 0 Å².